The Balaban J connectivity index is -0.0000000359. The molecule has 0 atom stereocenters. The zero-order chi connectivity index (χ0) is 12.0. The molecule has 1 N–H and O–H groups in total. The minimum absolute atomic E-state index is 0. The first-order valence-corrected chi connectivity index (χ1v) is 6.42. The number of hydrogen-bond acceptors (Lipinski definition) is 8. The Kier molecular flexibility index (Phi) is 49.9. The van der Waals surface area contributed by atoms with E-state index in [1.807, 2.05) is 0 Å². The van der Waals surface area contributed by atoms with E-state index in [0.29, 0.717) is 0 Å². The van der Waals surface area contributed by atoms with Gasteiger partial charge in [-0.3, -0.25) is 0 Å². The van der Waals surface area contributed by atoms with Gasteiger partial charge in [-0.1, -0.05) is 0 Å². The maximum Gasteiger partial charge on any atom is 1.00 e. The van der Waals surface area contributed by atoms with Gasteiger partial charge in [0.05, 0.1) is 22.3 Å². The second-order valence-electron chi connectivity index (χ2n) is 1.55. The summed E-state index contributed by atoms with van der Waals surface area (Å²) in [6, 6.07) is 0. The third kappa shape index (κ3) is 49.5. The first kappa shape index (κ1) is 40.1. The summed E-state index contributed by atoms with van der Waals surface area (Å²) >= 11 is 9.96. The molecule has 0 aromatic rings. The molecule has 0 amide bonds. The van der Waals surface area contributed by atoms with E-state index >= 15 is 0 Å². The summed E-state index contributed by atoms with van der Waals surface area (Å²) < 4.78 is 21.2. The molecule has 0 aliphatic carbocycles. The smallest absolute Gasteiger partial charge is 0.790 e. The fraction of sp³-hybridized carbons (Fsp3) is 1.00. The molecule has 0 aromatic heterocycles. The fourth-order valence-corrected chi connectivity index (χ4v) is 1.10. The van der Waals surface area contributed by atoms with E-state index in [4.69, 9.17) is 28.3 Å². The number of phosphoric acid groups is 2. The van der Waals surface area contributed by atoms with E-state index in [1.165, 1.54) is 0 Å². The molecule has 0 aliphatic heterocycles. The zero-order valence-corrected chi connectivity index (χ0v) is 26.0. The van der Waals surface area contributed by atoms with E-state index in [9.17, 15) is 28.7 Å². The van der Waals surface area contributed by atoms with Crippen LogP contribution < -0.4 is 225 Å². The maximum atomic E-state index is 9.32. The predicted octanol–water partition coefficient (Wildman–Crippen LogP) is -14.5. The van der Waals surface area contributed by atoms with Crippen molar-refractivity contribution in [2.75, 3.05) is 6.61 Å². The minimum atomic E-state index is -5.68. The molecular weight excluding hydrogens is 441 g/mol. The van der Waals surface area contributed by atoms with Crippen LogP contribution in [0.2, 0.25) is 0 Å². The van der Waals surface area contributed by atoms with Gasteiger partial charge in [0.1, 0.15) is 4.84 Å². The summed E-state index contributed by atoms with van der Waals surface area (Å²) in [5.41, 5.74) is 0. The van der Waals surface area contributed by atoms with Crippen LogP contribution in [0, 0.1) is 0 Å². The van der Waals surface area contributed by atoms with Gasteiger partial charge in [-0.15, -0.1) is 23.2 Å². The van der Waals surface area contributed by atoms with Crippen molar-refractivity contribution in [3.05, 3.63) is 0 Å². The van der Waals surface area contributed by atoms with E-state index in [2.05, 4.69) is 4.31 Å². The van der Waals surface area contributed by atoms with Crippen molar-refractivity contribution in [3.8, 4) is 0 Å². The van der Waals surface area contributed by atoms with Crippen molar-refractivity contribution in [1.29, 1.82) is 0 Å². The molecule has 18 heavy (non-hydrogen) atoms. The molecule has 0 aliphatic rings. The van der Waals surface area contributed by atoms with Crippen LogP contribution >= 0.6 is 38.8 Å². The minimum Gasteiger partial charge on any atom is -0.790 e. The van der Waals surface area contributed by atoms with Crippen molar-refractivity contribution >= 4 is 38.8 Å². The Morgan fingerprint density at radius 1 is 0.944 bits per heavy atom. The Morgan fingerprint density at radius 2 is 1.11 bits per heavy atom. The van der Waals surface area contributed by atoms with Crippen LogP contribution in [-0.4, -0.2) is 16.5 Å². The first-order chi connectivity index (χ1) is 5.98. The summed E-state index contributed by atoms with van der Waals surface area (Å²) in [6.45, 7) is -0.164. The third-order valence-electron chi connectivity index (χ3n) is 0.338. The van der Waals surface area contributed by atoms with Gasteiger partial charge in [0, 0.05) is 0 Å². The summed E-state index contributed by atoms with van der Waals surface area (Å²) in [5, 5.41) is 7.88. The fourth-order valence-electron chi connectivity index (χ4n) is 0.122. The normalized spacial score (nSPS) is 9.56. The quantitative estimate of drug-likeness (QED) is 0.255. The van der Waals surface area contributed by atoms with E-state index in [0.717, 1.165) is 0 Å². The van der Waals surface area contributed by atoms with Crippen LogP contribution in [0.5, 0.6) is 0 Å². The molecule has 0 saturated carbocycles. The number of hydrogen-bond donors (Lipinski definition) is 1. The molecule has 88 valence electrons. The van der Waals surface area contributed by atoms with Crippen LogP contribution in [-0.2, 0) is 13.4 Å². The molecule has 0 spiro atoms. The molecule has 16 heteroatoms. The van der Waals surface area contributed by atoms with Gasteiger partial charge in [0.2, 0.25) is 0 Å². The molecular formula is C2H4Cl2K4O8P2. The third-order valence-corrected chi connectivity index (χ3v) is 2.21. The number of aliphatic hydroxyl groups is 1. The number of alkyl halides is 2. The monoisotopic (exact) mass is 444 g/mol. The van der Waals surface area contributed by atoms with E-state index in [1.54, 1.807) is 0 Å². The van der Waals surface area contributed by atoms with Crippen LogP contribution in [0.15, 0.2) is 0 Å². The average molecular weight is 445 g/mol. The number of rotatable bonds is 3. The molecule has 0 saturated heterocycles. The first-order valence-electron chi connectivity index (χ1n) is 2.62. The topological polar surface area (TPSA) is 156 Å². The molecule has 8 nitrogen and oxygen atoms in total. The van der Waals surface area contributed by atoms with E-state index < -0.39 is 20.5 Å². The molecule has 0 unspecified atom stereocenters. The van der Waals surface area contributed by atoms with Gasteiger partial charge in [-0.05, 0) is 0 Å². The average Bonchev–Trinajstić information content (AvgIpc) is 1.80. The molecule has 0 fully saturated rings. The number of aliphatic hydroxyl groups excluding tert-OH is 1. The van der Waals surface area contributed by atoms with Gasteiger partial charge < -0.3 is 38.1 Å². The second kappa shape index (κ2) is 22.4. The summed E-state index contributed by atoms with van der Waals surface area (Å²) in [4.78, 5) is 36.7. The van der Waals surface area contributed by atoms with Gasteiger partial charge in [0.25, 0.3) is 0 Å². The van der Waals surface area contributed by atoms with E-state index in [-0.39, 0.29) is 212 Å². The molecule has 0 radical (unpaired) electrons. The van der Waals surface area contributed by atoms with Gasteiger partial charge in [-0.25, -0.2) is 0 Å². The summed E-state index contributed by atoms with van der Waals surface area (Å²) in [6.07, 6.45) is 0. The van der Waals surface area contributed by atoms with Gasteiger partial charge in [0.15, 0.2) is 0 Å². The van der Waals surface area contributed by atoms with Gasteiger partial charge in [-0.2, -0.15) is 0 Å². The molecule has 0 aromatic carbocycles. The molecule has 0 bridgehead atoms. The van der Waals surface area contributed by atoms with Crippen LogP contribution in [0.3, 0.4) is 0 Å². The van der Waals surface area contributed by atoms with Crippen LogP contribution in [0.25, 0.3) is 0 Å². The van der Waals surface area contributed by atoms with Crippen molar-refractivity contribution in [2.24, 2.45) is 0 Å². The second-order valence-corrected chi connectivity index (χ2v) is 5.27. The predicted molar refractivity (Wildman–Crippen MR) is 38.9 cm³/mol. The van der Waals surface area contributed by atoms with Crippen molar-refractivity contribution in [1.82, 2.24) is 0 Å². The van der Waals surface area contributed by atoms with Crippen molar-refractivity contribution in [3.63, 3.8) is 0 Å². The van der Waals surface area contributed by atoms with Gasteiger partial charge >= 0.3 is 206 Å². The summed E-state index contributed by atoms with van der Waals surface area (Å²) in [5.74, 6) is 0. The zero-order valence-electron chi connectivity index (χ0n) is 10.2. The Hall–Kier alpha value is 7.35. The van der Waals surface area contributed by atoms with Crippen LogP contribution in [0.4, 0.5) is 0 Å². The largest absolute Gasteiger partial charge is 1.00 e. The number of halogens is 2. The Labute approximate surface area is 285 Å². The van der Waals surface area contributed by atoms with Crippen LogP contribution in [0.1, 0.15) is 0 Å². The Bertz CT molecular complexity index is 223. The summed E-state index contributed by atoms with van der Waals surface area (Å²) in [7, 11) is -11.4. The molecule has 0 rings (SSSR count). The SMILES string of the molecule is O=P([O-])([O-])OP(=O)([O-])[O-].OCC(Cl)Cl.[K+].[K+].[K+].[K+]. The van der Waals surface area contributed by atoms with Crippen molar-refractivity contribution < 1.29 is 244 Å². The standard InChI is InChI=1S/C2H4Cl2O.4K.H4O7P2/c3-2(4)1-5;;;;;1-8(2,3)7-9(4,5)6/h2,5H,1H2;;;;;(H2,1,2,3)(H2,4,5,6)/q;4*+1;/p-4. The Morgan fingerprint density at radius 3 is 1.11 bits per heavy atom. The molecule has 0 heterocycles. The maximum absolute atomic E-state index is 9.32. The van der Waals surface area contributed by atoms with Crippen molar-refractivity contribution in [2.45, 2.75) is 4.84 Å².